The summed E-state index contributed by atoms with van der Waals surface area (Å²) in [5.74, 6) is 0. The van der Waals surface area contributed by atoms with Crippen molar-refractivity contribution < 1.29 is 0 Å². The number of aromatic nitrogens is 1. The zero-order chi connectivity index (χ0) is 8.97. The van der Waals surface area contributed by atoms with Crippen molar-refractivity contribution in [3.8, 4) is 0 Å². The number of H-pyrrole nitrogens is 1. The van der Waals surface area contributed by atoms with Gasteiger partial charge in [-0.15, -0.1) is 0 Å². The molecule has 0 spiro atoms. The van der Waals surface area contributed by atoms with E-state index in [1.54, 1.807) is 0 Å². The molecular formula is C11H15N. The van der Waals surface area contributed by atoms with Gasteiger partial charge in [-0.25, -0.2) is 0 Å². The van der Waals surface area contributed by atoms with Gasteiger partial charge in [0, 0.05) is 11.7 Å². The lowest BCUT2D eigenvalue weighted by molar-refractivity contribution is 1.46. The molecule has 1 heterocycles. The van der Waals surface area contributed by atoms with Crippen LogP contribution in [0.25, 0.3) is 10.9 Å². The molecule has 0 fully saturated rings. The molecule has 1 aromatic heterocycles. The molecule has 0 bridgehead atoms. The van der Waals surface area contributed by atoms with Crippen LogP contribution in [-0.4, -0.2) is 4.98 Å². The fourth-order valence-electron chi connectivity index (χ4n) is 1.17. The molecule has 1 heteroatoms. The number of benzene rings is 1. The van der Waals surface area contributed by atoms with Crippen molar-refractivity contribution in [2.45, 2.75) is 20.8 Å². The van der Waals surface area contributed by atoms with E-state index >= 15 is 0 Å². The third kappa shape index (κ3) is 1.67. The van der Waals surface area contributed by atoms with Crippen molar-refractivity contribution in [3.63, 3.8) is 0 Å². The van der Waals surface area contributed by atoms with Gasteiger partial charge in [0.15, 0.2) is 0 Å². The zero-order valence-electron chi connectivity index (χ0n) is 7.89. The minimum atomic E-state index is 1.21. The van der Waals surface area contributed by atoms with Crippen LogP contribution in [0.15, 0.2) is 30.5 Å². The summed E-state index contributed by atoms with van der Waals surface area (Å²) in [7, 11) is 0. The summed E-state index contributed by atoms with van der Waals surface area (Å²) in [6, 6.07) is 8.47. The summed E-state index contributed by atoms with van der Waals surface area (Å²) >= 11 is 0. The normalized spacial score (nSPS) is 9.25. The average Bonchev–Trinajstić information content (AvgIpc) is 2.54. The Labute approximate surface area is 73.4 Å². The monoisotopic (exact) mass is 161 g/mol. The number of aryl methyl sites for hydroxylation is 1. The molecule has 0 aliphatic heterocycles. The second kappa shape index (κ2) is 3.96. The average molecular weight is 161 g/mol. The Hall–Kier alpha value is -1.24. The van der Waals surface area contributed by atoms with Gasteiger partial charge in [0.25, 0.3) is 0 Å². The summed E-state index contributed by atoms with van der Waals surface area (Å²) < 4.78 is 0. The molecule has 1 N–H and O–H groups in total. The first-order valence-corrected chi connectivity index (χ1v) is 4.40. The van der Waals surface area contributed by atoms with Gasteiger partial charge in [0.1, 0.15) is 0 Å². The van der Waals surface area contributed by atoms with Gasteiger partial charge in [-0.05, 0) is 30.5 Å². The Balaban J connectivity index is 0.000000336. The fraction of sp³-hybridized carbons (Fsp3) is 0.273. The van der Waals surface area contributed by atoms with Crippen LogP contribution in [0.2, 0.25) is 0 Å². The Bertz CT molecular complexity index is 347. The Morgan fingerprint density at radius 1 is 1.08 bits per heavy atom. The van der Waals surface area contributed by atoms with Gasteiger partial charge in [0.05, 0.1) is 0 Å². The third-order valence-electron chi connectivity index (χ3n) is 1.71. The Morgan fingerprint density at radius 3 is 2.58 bits per heavy atom. The van der Waals surface area contributed by atoms with Crippen LogP contribution in [0, 0.1) is 6.92 Å². The maximum absolute atomic E-state index is 3.15. The maximum Gasteiger partial charge on any atom is 0.0454 e. The van der Waals surface area contributed by atoms with Gasteiger partial charge in [-0.2, -0.15) is 0 Å². The SMILES string of the molecule is CC.Cc1ccc2[nH]ccc2c1. The van der Waals surface area contributed by atoms with Crippen LogP contribution >= 0.6 is 0 Å². The van der Waals surface area contributed by atoms with Crippen LogP contribution in [0.1, 0.15) is 19.4 Å². The van der Waals surface area contributed by atoms with Crippen molar-refractivity contribution in [2.24, 2.45) is 0 Å². The smallest absolute Gasteiger partial charge is 0.0454 e. The number of hydrogen-bond donors (Lipinski definition) is 1. The van der Waals surface area contributed by atoms with E-state index in [1.807, 2.05) is 20.0 Å². The number of rotatable bonds is 0. The molecule has 2 aromatic rings. The molecule has 64 valence electrons. The number of nitrogens with one attached hydrogen (secondary N) is 1. The van der Waals surface area contributed by atoms with Crippen molar-refractivity contribution in [1.29, 1.82) is 0 Å². The molecule has 1 aromatic carbocycles. The molecule has 0 amide bonds. The molecule has 1 nitrogen and oxygen atoms in total. The fourth-order valence-corrected chi connectivity index (χ4v) is 1.17. The van der Waals surface area contributed by atoms with E-state index in [-0.39, 0.29) is 0 Å². The molecule has 0 aliphatic carbocycles. The zero-order valence-corrected chi connectivity index (χ0v) is 7.89. The number of hydrogen-bond acceptors (Lipinski definition) is 0. The van der Waals surface area contributed by atoms with E-state index in [0.29, 0.717) is 0 Å². The number of fused-ring (bicyclic) bond motifs is 1. The van der Waals surface area contributed by atoms with E-state index in [0.717, 1.165) is 0 Å². The van der Waals surface area contributed by atoms with Crippen LogP contribution in [-0.2, 0) is 0 Å². The van der Waals surface area contributed by atoms with E-state index in [9.17, 15) is 0 Å². The van der Waals surface area contributed by atoms with Crippen molar-refractivity contribution >= 4 is 10.9 Å². The highest BCUT2D eigenvalue weighted by Crippen LogP contribution is 2.12. The molecule has 0 unspecified atom stereocenters. The minimum absolute atomic E-state index is 1.21. The van der Waals surface area contributed by atoms with Crippen LogP contribution in [0.5, 0.6) is 0 Å². The predicted octanol–water partition coefficient (Wildman–Crippen LogP) is 3.50. The topological polar surface area (TPSA) is 15.8 Å². The summed E-state index contributed by atoms with van der Waals surface area (Å²) in [6.45, 7) is 6.10. The summed E-state index contributed by atoms with van der Waals surface area (Å²) in [4.78, 5) is 3.15. The van der Waals surface area contributed by atoms with Crippen LogP contribution < -0.4 is 0 Å². The lowest BCUT2D eigenvalue weighted by atomic mass is 10.2. The van der Waals surface area contributed by atoms with Crippen molar-refractivity contribution in [2.75, 3.05) is 0 Å². The van der Waals surface area contributed by atoms with Crippen molar-refractivity contribution in [3.05, 3.63) is 36.0 Å². The Morgan fingerprint density at radius 2 is 1.83 bits per heavy atom. The molecule has 0 saturated heterocycles. The van der Waals surface area contributed by atoms with Crippen LogP contribution in [0.4, 0.5) is 0 Å². The molecular weight excluding hydrogens is 146 g/mol. The predicted molar refractivity (Wildman–Crippen MR) is 54.4 cm³/mol. The molecule has 2 rings (SSSR count). The Kier molecular flexibility index (Phi) is 2.92. The van der Waals surface area contributed by atoms with Gasteiger partial charge in [-0.1, -0.05) is 25.5 Å². The summed E-state index contributed by atoms with van der Waals surface area (Å²) in [5.41, 5.74) is 2.53. The minimum Gasteiger partial charge on any atom is -0.361 e. The summed E-state index contributed by atoms with van der Waals surface area (Å²) in [6.07, 6.45) is 1.96. The molecule has 0 aliphatic rings. The molecule has 0 saturated carbocycles. The largest absolute Gasteiger partial charge is 0.361 e. The highest BCUT2D eigenvalue weighted by Gasteiger charge is 1.90. The highest BCUT2D eigenvalue weighted by molar-refractivity contribution is 5.79. The van der Waals surface area contributed by atoms with Gasteiger partial charge >= 0.3 is 0 Å². The molecule has 0 radical (unpaired) electrons. The number of aromatic amines is 1. The van der Waals surface area contributed by atoms with E-state index in [1.165, 1.54) is 16.5 Å². The summed E-state index contributed by atoms with van der Waals surface area (Å²) in [5, 5.41) is 1.29. The first kappa shape index (κ1) is 8.85. The first-order chi connectivity index (χ1) is 5.86. The van der Waals surface area contributed by atoms with E-state index in [2.05, 4.69) is 36.2 Å². The lowest BCUT2D eigenvalue weighted by Gasteiger charge is -1.90. The van der Waals surface area contributed by atoms with Gasteiger partial charge < -0.3 is 4.98 Å². The van der Waals surface area contributed by atoms with Gasteiger partial charge in [0.2, 0.25) is 0 Å². The van der Waals surface area contributed by atoms with Crippen molar-refractivity contribution in [1.82, 2.24) is 4.98 Å². The molecule has 12 heavy (non-hydrogen) atoms. The van der Waals surface area contributed by atoms with E-state index < -0.39 is 0 Å². The second-order valence-corrected chi connectivity index (χ2v) is 2.57. The highest BCUT2D eigenvalue weighted by atomic mass is 14.7. The lowest BCUT2D eigenvalue weighted by Crippen LogP contribution is -1.69. The molecule has 0 atom stereocenters. The maximum atomic E-state index is 3.15. The second-order valence-electron chi connectivity index (χ2n) is 2.57. The third-order valence-corrected chi connectivity index (χ3v) is 1.71. The first-order valence-electron chi connectivity index (χ1n) is 4.40. The quantitative estimate of drug-likeness (QED) is 0.608. The van der Waals surface area contributed by atoms with Gasteiger partial charge in [-0.3, -0.25) is 0 Å². The van der Waals surface area contributed by atoms with Crippen LogP contribution in [0.3, 0.4) is 0 Å². The van der Waals surface area contributed by atoms with E-state index in [4.69, 9.17) is 0 Å². The standard InChI is InChI=1S/C9H9N.C2H6/c1-7-2-3-9-8(6-7)4-5-10-9;1-2/h2-6,10H,1H3;1-2H3.